The van der Waals surface area contributed by atoms with Crippen LogP contribution < -0.4 is 10.1 Å². The van der Waals surface area contributed by atoms with Gasteiger partial charge in [-0.05, 0) is 42.2 Å². The number of thioether (sulfide) groups is 1. The summed E-state index contributed by atoms with van der Waals surface area (Å²) in [6.45, 7) is 6.63. The number of rotatable bonds is 11. The number of benzene rings is 2. The Labute approximate surface area is 188 Å². The molecule has 2 aromatic carbocycles. The summed E-state index contributed by atoms with van der Waals surface area (Å²) in [7, 11) is 1.60. The molecule has 0 aromatic heterocycles. The van der Waals surface area contributed by atoms with E-state index in [-0.39, 0.29) is 23.4 Å². The van der Waals surface area contributed by atoms with Crippen molar-refractivity contribution in [3.05, 3.63) is 65.5 Å². The van der Waals surface area contributed by atoms with E-state index in [2.05, 4.69) is 5.32 Å². The zero-order chi connectivity index (χ0) is 22.8. The molecule has 0 saturated carbocycles. The molecule has 0 bridgehead atoms. The Morgan fingerprint density at radius 1 is 1.10 bits per heavy atom. The molecule has 168 valence electrons. The summed E-state index contributed by atoms with van der Waals surface area (Å²) in [6, 6.07) is 13.3. The zero-order valence-corrected chi connectivity index (χ0v) is 19.4. The van der Waals surface area contributed by atoms with Crippen LogP contribution in [0.15, 0.2) is 48.5 Å². The zero-order valence-electron chi connectivity index (χ0n) is 18.6. The van der Waals surface area contributed by atoms with Gasteiger partial charge in [-0.1, -0.05) is 44.2 Å². The lowest BCUT2D eigenvalue weighted by molar-refractivity contribution is -0.138. The number of methoxy groups -OCH3 is 1. The van der Waals surface area contributed by atoms with Crippen LogP contribution in [0.25, 0.3) is 0 Å². The van der Waals surface area contributed by atoms with Crippen LogP contribution in [-0.2, 0) is 21.9 Å². The fourth-order valence-corrected chi connectivity index (χ4v) is 3.81. The first-order valence-electron chi connectivity index (χ1n) is 10.3. The lowest BCUT2D eigenvalue weighted by Gasteiger charge is -2.29. The van der Waals surface area contributed by atoms with Crippen molar-refractivity contribution in [3.8, 4) is 5.75 Å². The fourth-order valence-electron chi connectivity index (χ4n) is 2.91. The van der Waals surface area contributed by atoms with Crippen molar-refractivity contribution < 1.29 is 18.7 Å². The van der Waals surface area contributed by atoms with Crippen LogP contribution >= 0.6 is 11.8 Å². The molecule has 2 aromatic rings. The van der Waals surface area contributed by atoms with Crippen LogP contribution in [-0.4, -0.2) is 42.2 Å². The lowest BCUT2D eigenvalue weighted by Crippen LogP contribution is -2.48. The predicted octanol–water partition coefficient (Wildman–Crippen LogP) is 4.26. The van der Waals surface area contributed by atoms with E-state index in [9.17, 15) is 14.0 Å². The molecule has 0 radical (unpaired) electrons. The third-order valence-electron chi connectivity index (χ3n) is 4.80. The molecule has 5 nitrogen and oxygen atoms in total. The summed E-state index contributed by atoms with van der Waals surface area (Å²) in [5.74, 6) is 0.968. The van der Waals surface area contributed by atoms with Crippen LogP contribution in [0.3, 0.4) is 0 Å². The summed E-state index contributed by atoms with van der Waals surface area (Å²) in [5.41, 5.74) is 1.46. The van der Waals surface area contributed by atoms with Crippen molar-refractivity contribution in [3.63, 3.8) is 0 Å². The smallest absolute Gasteiger partial charge is 0.242 e. The standard InChI is InChI=1S/C24H31FN2O3S/c1-17(2)13-26-24(29)18(3)27(14-19-9-11-21(30-4)12-10-19)23(28)16-31-15-20-7-5-6-8-22(20)25/h5-12,17-18H,13-16H2,1-4H3,(H,26,29)/t18-/m1/s1. The molecule has 2 amide bonds. The lowest BCUT2D eigenvalue weighted by atomic mass is 10.1. The Morgan fingerprint density at radius 2 is 1.77 bits per heavy atom. The molecule has 0 saturated heterocycles. The minimum atomic E-state index is -0.623. The number of ether oxygens (including phenoxy) is 1. The SMILES string of the molecule is COc1ccc(CN(C(=O)CSCc2ccccc2F)[C@H](C)C(=O)NCC(C)C)cc1. The van der Waals surface area contributed by atoms with Gasteiger partial charge in [0.2, 0.25) is 11.8 Å². The summed E-state index contributed by atoms with van der Waals surface area (Å²) in [6.07, 6.45) is 0. The van der Waals surface area contributed by atoms with Gasteiger partial charge in [-0.3, -0.25) is 9.59 Å². The van der Waals surface area contributed by atoms with E-state index < -0.39 is 6.04 Å². The van der Waals surface area contributed by atoms with Crippen molar-refractivity contribution in [2.75, 3.05) is 19.4 Å². The molecule has 2 rings (SSSR count). The van der Waals surface area contributed by atoms with Crippen molar-refractivity contribution in [1.29, 1.82) is 0 Å². The van der Waals surface area contributed by atoms with E-state index >= 15 is 0 Å². The molecular formula is C24H31FN2O3S. The van der Waals surface area contributed by atoms with E-state index in [1.165, 1.54) is 17.8 Å². The number of hydrogen-bond acceptors (Lipinski definition) is 4. The van der Waals surface area contributed by atoms with E-state index in [4.69, 9.17) is 4.74 Å². The van der Waals surface area contributed by atoms with Gasteiger partial charge in [-0.2, -0.15) is 0 Å². The highest BCUT2D eigenvalue weighted by atomic mass is 32.2. The van der Waals surface area contributed by atoms with Crippen molar-refractivity contribution in [1.82, 2.24) is 10.2 Å². The number of carbonyl (C=O) groups excluding carboxylic acids is 2. The van der Waals surface area contributed by atoms with Gasteiger partial charge in [0.05, 0.1) is 12.9 Å². The molecule has 0 aliphatic rings. The normalized spacial score (nSPS) is 11.8. The van der Waals surface area contributed by atoms with E-state index in [0.717, 1.165) is 11.3 Å². The van der Waals surface area contributed by atoms with Crippen LogP contribution in [0, 0.1) is 11.7 Å². The summed E-state index contributed by atoms with van der Waals surface area (Å²) < 4.78 is 19.0. The number of carbonyl (C=O) groups is 2. The highest BCUT2D eigenvalue weighted by Gasteiger charge is 2.26. The number of nitrogens with one attached hydrogen (secondary N) is 1. The predicted molar refractivity (Wildman–Crippen MR) is 123 cm³/mol. The van der Waals surface area contributed by atoms with Gasteiger partial charge < -0.3 is 15.0 Å². The minimum Gasteiger partial charge on any atom is -0.497 e. The molecule has 0 aliphatic carbocycles. The Balaban J connectivity index is 2.07. The van der Waals surface area contributed by atoms with Crippen molar-refractivity contribution >= 4 is 23.6 Å². The van der Waals surface area contributed by atoms with Crippen LogP contribution in [0.5, 0.6) is 5.75 Å². The topological polar surface area (TPSA) is 58.6 Å². The molecule has 0 spiro atoms. The third-order valence-corrected chi connectivity index (χ3v) is 5.77. The molecule has 0 unspecified atom stereocenters. The van der Waals surface area contributed by atoms with Gasteiger partial charge in [0.1, 0.15) is 17.6 Å². The monoisotopic (exact) mass is 446 g/mol. The fraction of sp³-hybridized carbons (Fsp3) is 0.417. The first kappa shape index (κ1) is 24.7. The molecule has 31 heavy (non-hydrogen) atoms. The van der Waals surface area contributed by atoms with Gasteiger partial charge in [0, 0.05) is 18.8 Å². The second kappa shape index (κ2) is 12.3. The van der Waals surface area contributed by atoms with Gasteiger partial charge in [0.25, 0.3) is 0 Å². The van der Waals surface area contributed by atoms with Crippen LogP contribution in [0.1, 0.15) is 31.9 Å². The average molecular weight is 447 g/mol. The first-order chi connectivity index (χ1) is 14.8. The number of halogens is 1. The maximum absolute atomic E-state index is 13.8. The second-order valence-electron chi connectivity index (χ2n) is 7.77. The molecular weight excluding hydrogens is 415 g/mol. The summed E-state index contributed by atoms with van der Waals surface area (Å²) in [5, 5.41) is 2.90. The average Bonchev–Trinajstić information content (AvgIpc) is 2.76. The van der Waals surface area contributed by atoms with Crippen molar-refractivity contribution in [2.24, 2.45) is 5.92 Å². The highest BCUT2D eigenvalue weighted by Crippen LogP contribution is 2.19. The number of amides is 2. The molecule has 1 N–H and O–H groups in total. The second-order valence-corrected chi connectivity index (χ2v) is 8.75. The molecule has 0 heterocycles. The minimum absolute atomic E-state index is 0.159. The maximum Gasteiger partial charge on any atom is 0.242 e. The van der Waals surface area contributed by atoms with Crippen molar-refractivity contribution in [2.45, 2.75) is 39.1 Å². The first-order valence-corrected chi connectivity index (χ1v) is 11.5. The van der Waals surface area contributed by atoms with Gasteiger partial charge in [-0.15, -0.1) is 11.8 Å². The quantitative estimate of drug-likeness (QED) is 0.560. The van der Waals surface area contributed by atoms with Gasteiger partial charge in [0.15, 0.2) is 0 Å². The largest absolute Gasteiger partial charge is 0.497 e. The van der Waals surface area contributed by atoms with Gasteiger partial charge >= 0.3 is 0 Å². The van der Waals surface area contributed by atoms with Crippen LogP contribution in [0.4, 0.5) is 4.39 Å². The van der Waals surface area contributed by atoms with Gasteiger partial charge in [-0.25, -0.2) is 4.39 Å². The van der Waals surface area contributed by atoms with E-state index in [0.29, 0.717) is 30.3 Å². The Bertz CT molecular complexity index is 858. The molecule has 0 fully saturated rings. The Kier molecular flexibility index (Phi) is 9.85. The maximum atomic E-state index is 13.8. The third kappa shape index (κ3) is 7.90. The Hall–Kier alpha value is -2.54. The molecule has 1 atom stereocenters. The van der Waals surface area contributed by atoms with E-state index in [1.807, 2.05) is 38.1 Å². The summed E-state index contributed by atoms with van der Waals surface area (Å²) >= 11 is 1.34. The number of hydrogen-bond donors (Lipinski definition) is 1. The molecule has 7 heteroatoms. The Morgan fingerprint density at radius 3 is 2.39 bits per heavy atom. The van der Waals surface area contributed by atoms with E-state index in [1.54, 1.807) is 37.1 Å². The van der Waals surface area contributed by atoms with Crippen LogP contribution in [0.2, 0.25) is 0 Å². The number of nitrogens with zero attached hydrogens (tertiary/aromatic N) is 1. The highest BCUT2D eigenvalue weighted by molar-refractivity contribution is 7.99. The molecule has 0 aliphatic heterocycles. The summed E-state index contributed by atoms with van der Waals surface area (Å²) in [4.78, 5) is 27.3.